The fraction of sp³-hybridized carbons (Fsp3) is 0.621. The van der Waals surface area contributed by atoms with E-state index in [1.165, 1.54) is 11.1 Å². The summed E-state index contributed by atoms with van der Waals surface area (Å²) in [7, 11) is 2.12. The summed E-state index contributed by atoms with van der Waals surface area (Å²) in [5, 5.41) is 20.9. The average molecular weight is 506 g/mol. The number of amides is 1. The normalized spacial score (nSPS) is 24.9. The highest BCUT2D eigenvalue weighted by atomic mass is 16.2. The monoisotopic (exact) mass is 505 g/mol. The zero-order chi connectivity index (χ0) is 26.8. The number of nitriles is 1. The summed E-state index contributed by atoms with van der Waals surface area (Å²) in [5.74, 6) is 0.866. The van der Waals surface area contributed by atoms with Gasteiger partial charge in [-0.1, -0.05) is 56.2 Å². The Bertz CT molecular complexity index is 1050. The van der Waals surface area contributed by atoms with Crippen molar-refractivity contribution in [3.63, 3.8) is 0 Å². The zero-order valence-corrected chi connectivity index (χ0v) is 23.2. The molecule has 8 nitrogen and oxygen atoms in total. The molecule has 0 saturated heterocycles. The van der Waals surface area contributed by atoms with Crippen LogP contribution in [-0.2, 0) is 4.79 Å². The Balaban J connectivity index is 1.58. The standard InChI is InChI=1S/C29H43N7O/c1-6-25(36-21-31-32-33-36)13-15-27-22(4)12-14-28(27)29(37)35(8-3)19-18-34(5)17-16-23-10-9-11-24(20-30)26(23)7-2/h9-11,13,15,21-22,24,26,28H,6-8,12,14,16-19H2,1-5H3/b25-13+,27-15+. The summed E-state index contributed by atoms with van der Waals surface area (Å²) in [5.41, 5.74) is 3.58. The lowest BCUT2D eigenvalue weighted by atomic mass is 9.80. The largest absolute Gasteiger partial charge is 0.341 e. The lowest BCUT2D eigenvalue weighted by Gasteiger charge is -2.29. The van der Waals surface area contributed by atoms with Crippen LogP contribution >= 0.6 is 0 Å². The fourth-order valence-corrected chi connectivity index (χ4v) is 5.55. The number of nitrogens with zero attached hydrogens (tertiary/aromatic N) is 7. The number of carbonyl (C=O) groups is 1. The Hall–Kier alpha value is -3.05. The molecule has 0 aromatic carbocycles. The summed E-state index contributed by atoms with van der Waals surface area (Å²) >= 11 is 0. The second-order valence-electron chi connectivity index (χ2n) is 10.2. The molecule has 3 rings (SSSR count). The highest BCUT2D eigenvalue weighted by Gasteiger charge is 2.34. The fourth-order valence-electron chi connectivity index (χ4n) is 5.55. The van der Waals surface area contributed by atoms with Crippen molar-refractivity contribution in [2.24, 2.45) is 23.7 Å². The number of hydrogen-bond acceptors (Lipinski definition) is 6. The molecule has 1 aromatic rings. The van der Waals surface area contributed by atoms with Crippen molar-refractivity contribution in [1.82, 2.24) is 30.0 Å². The van der Waals surface area contributed by atoms with Crippen molar-refractivity contribution < 1.29 is 4.79 Å². The molecular weight excluding hydrogens is 462 g/mol. The summed E-state index contributed by atoms with van der Waals surface area (Å²) in [4.78, 5) is 17.9. The summed E-state index contributed by atoms with van der Waals surface area (Å²) in [6.07, 6.45) is 16.7. The first-order valence-electron chi connectivity index (χ1n) is 13.8. The van der Waals surface area contributed by atoms with E-state index in [-0.39, 0.29) is 17.7 Å². The molecule has 0 bridgehead atoms. The molecule has 4 atom stereocenters. The van der Waals surface area contributed by atoms with E-state index in [2.05, 4.69) is 79.5 Å². The zero-order valence-electron chi connectivity index (χ0n) is 23.2. The third-order valence-corrected chi connectivity index (χ3v) is 7.99. The minimum Gasteiger partial charge on any atom is -0.341 e. The third kappa shape index (κ3) is 7.26. The van der Waals surface area contributed by atoms with Crippen LogP contribution in [0.25, 0.3) is 5.70 Å². The highest BCUT2D eigenvalue weighted by Crippen LogP contribution is 2.38. The van der Waals surface area contributed by atoms with Gasteiger partial charge >= 0.3 is 0 Å². The van der Waals surface area contributed by atoms with Crippen molar-refractivity contribution in [2.45, 2.75) is 59.8 Å². The molecule has 4 unspecified atom stereocenters. The van der Waals surface area contributed by atoms with Gasteiger partial charge < -0.3 is 9.80 Å². The maximum absolute atomic E-state index is 13.6. The predicted molar refractivity (Wildman–Crippen MR) is 147 cm³/mol. The Labute approximate surface area is 222 Å². The van der Waals surface area contributed by atoms with Crippen LogP contribution in [0.15, 0.2) is 47.9 Å². The van der Waals surface area contributed by atoms with Crippen LogP contribution in [0.1, 0.15) is 59.8 Å². The Kier molecular flexibility index (Phi) is 10.8. The second kappa shape index (κ2) is 14.0. The second-order valence-corrected chi connectivity index (χ2v) is 10.2. The van der Waals surface area contributed by atoms with E-state index in [0.29, 0.717) is 18.4 Å². The summed E-state index contributed by atoms with van der Waals surface area (Å²) in [6, 6.07) is 2.44. The molecule has 0 N–H and O–H groups in total. The molecular formula is C29H43N7O. The van der Waals surface area contributed by atoms with Crippen LogP contribution in [0.3, 0.4) is 0 Å². The van der Waals surface area contributed by atoms with Gasteiger partial charge in [-0.2, -0.15) is 5.26 Å². The number of rotatable bonds is 12. The first kappa shape index (κ1) is 28.5. The molecule has 2 aliphatic carbocycles. The number of allylic oxidation sites excluding steroid dienone is 6. The molecule has 1 amide bonds. The Morgan fingerprint density at radius 1 is 1.24 bits per heavy atom. The van der Waals surface area contributed by atoms with Crippen LogP contribution < -0.4 is 0 Å². The van der Waals surface area contributed by atoms with Gasteiger partial charge in [0.2, 0.25) is 5.91 Å². The van der Waals surface area contributed by atoms with E-state index in [1.807, 2.05) is 17.1 Å². The number of likely N-dealkylation sites (N-methyl/N-ethyl adjacent to an activating group) is 2. The molecule has 37 heavy (non-hydrogen) atoms. The van der Waals surface area contributed by atoms with Crippen LogP contribution in [0.2, 0.25) is 0 Å². The van der Waals surface area contributed by atoms with Gasteiger partial charge in [-0.05, 0) is 74.4 Å². The molecule has 0 radical (unpaired) electrons. The molecule has 8 heteroatoms. The first-order chi connectivity index (χ1) is 17.9. The van der Waals surface area contributed by atoms with Crippen molar-refractivity contribution in [3.05, 3.63) is 47.9 Å². The molecule has 1 aromatic heterocycles. The SMILES string of the molecule is CC/C(=C\C=C1/C(C)CCC1C(=O)N(CC)CCN(C)CCC1=CC=CC(C#N)C1CC)n1cnnn1. The van der Waals surface area contributed by atoms with E-state index in [1.54, 1.807) is 11.0 Å². The van der Waals surface area contributed by atoms with Gasteiger partial charge in [-0.15, -0.1) is 5.10 Å². The molecule has 1 fully saturated rings. The maximum atomic E-state index is 13.6. The van der Waals surface area contributed by atoms with Crippen molar-refractivity contribution in [3.8, 4) is 6.07 Å². The van der Waals surface area contributed by atoms with E-state index < -0.39 is 0 Å². The topological polar surface area (TPSA) is 90.9 Å². The molecule has 0 spiro atoms. The van der Waals surface area contributed by atoms with E-state index in [4.69, 9.17) is 0 Å². The molecule has 1 saturated carbocycles. The van der Waals surface area contributed by atoms with Gasteiger partial charge in [0, 0.05) is 31.9 Å². The van der Waals surface area contributed by atoms with E-state index >= 15 is 0 Å². The predicted octanol–water partition coefficient (Wildman–Crippen LogP) is 4.73. The van der Waals surface area contributed by atoms with Gasteiger partial charge in [0.1, 0.15) is 6.33 Å². The first-order valence-corrected chi connectivity index (χ1v) is 13.8. The maximum Gasteiger partial charge on any atom is 0.229 e. The molecule has 1 heterocycles. The van der Waals surface area contributed by atoms with Gasteiger partial charge in [0.15, 0.2) is 0 Å². The highest BCUT2D eigenvalue weighted by molar-refractivity contribution is 5.82. The van der Waals surface area contributed by atoms with Gasteiger partial charge in [-0.25, -0.2) is 4.68 Å². The minimum atomic E-state index is -0.0594. The lowest BCUT2D eigenvalue weighted by molar-refractivity contribution is -0.134. The smallest absolute Gasteiger partial charge is 0.229 e. The molecule has 200 valence electrons. The summed E-state index contributed by atoms with van der Waals surface area (Å²) in [6.45, 7) is 11.7. The van der Waals surface area contributed by atoms with Crippen molar-refractivity contribution in [1.29, 1.82) is 5.26 Å². The van der Waals surface area contributed by atoms with Gasteiger partial charge in [0.05, 0.1) is 17.9 Å². The average Bonchev–Trinajstić information content (AvgIpc) is 3.58. The third-order valence-electron chi connectivity index (χ3n) is 7.99. The number of tetrazole rings is 1. The van der Waals surface area contributed by atoms with Crippen LogP contribution in [0, 0.1) is 35.0 Å². The number of aromatic nitrogens is 4. The van der Waals surface area contributed by atoms with Crippen molar-refractivity contribution >= 4 is 11.6 Å². The van der Waals surface area contributed by atoms with E-state index in [0.717, 1.165) is 57.4 Å². The van der Waals surface area contributed by atoms with Crippen LogP contribution in [0.4, 0.5) is 0 Å². The van der Waals surface area contributed by atoms with Gasteiger partial charge in [0.25, 0.3) is 0 Å². The number of hydrogen-bond donors (Lipinski definition) is 0. The lowest BCUT2D eigenvalue weighted by Crippen LogP contribution is -2.41. The Morgan fingerprint density at radius 2 is 2.05 bits per heavy atom. The van der Waals surface area contributed by atoms with Gasteiger partial charge in [-0.3, -0.25) is 4.79 Å². The van der Waals surface area contributed by atoms with Crippen LogP contribution in [0.5, 0.6) is 0 Å². The minimum absolute atomic E-state index is 0.0179. The molecule has 2 aliphatic rings. The van der Waals surface area contributed by atoms with Crippen LogP contribution in [-0.4, -0.2) is 69.1 Å². The summed E-state index contributed by atoms with van der Waals surface area (Å²) < 4.78 is 1.69. The van der Waals surface area contributed by atoms with E-state index in [9.17, 15) is 10.1 Å². The quantitative estimate of drug-likeness (QED) is 0.408. The Morgan fingerprint density at radius 3 is 2.70 bits per heavy atom. The number of carbonyl (C=O) groups excluding carboxylic acids is 1. The van der Waals surface area contributed by atoms with Crippen molar-refractivity contribution in [2.75, 3.05) is 33.2 Å². The molecule has 0 aliphatic heterocycles.